The molecule has 0 aromatic heterocycles. The van der Waals surface area contributed by atoms with Gasteiger partial charge in [-0.15, -0.1) is 0 Å². The summed E-state index contributed by atoms with van der Waals surface area (Å²) in [5.74, 6) is 0. The maximum Gasteiger partial charge on any atom is 0.0725 e. The van der Waals surface area contributed by atoms with Gasteiger partial charge in [0.1, 0.15) is 0 Å². The molecule has 0 saturated carbocycles. The lowest BCUT2D eigenvalue weighted by Gasteiger charge is -2.37. The second kappa shape index (κ2) is 14.6. The van der Waals surface area contributed by atoms with Crippen LogP contribution in [0.5, 0.6) is 0 Å². The third-order valence-corrected chi connectivity index (χ3v) is 13.1. The Labute approximate surface area is 363 Å². The van der Waals surface area contributed by atoms with Gasteiger partial charge in [-0.05, 0) is 114 Å². The largest absolute Gasteiger partial charge is 0.310 e. The van der Waals surface area contributed by atoms with Crippen LogP contribution in [0.3, 0.4) is 0 Å². The lowest BCUT2D eigenvalue weighted by atomic mass is 9.64. The maximum absolute atomic E-state index is 2.47. The Morgan fingerprint density at radius 1 is 0.226 bits per heavy atom. The van der Waals surface area contributed by atoms with Gasteiger partial charge in [-0.25, -0.2) is 0 Å². The number of hydrogen-bond acceptors (Lipinski definition) is 1. The summed E-state index contributed by atoms with van der Waals surface area (Å²) in [4.78, 5) is 2.47. The van der Waals surface area contributed by atoms with E-state index in [0.717, 1.165) is 17.1 Å². The zero-order valence-corrected chi connectivity index (χ0v) is 34.1. The van der Waals surface area contributed by atoms with Crippen molar-refractivity contribution in [1.29, 1.82) is 0 Å². The Morgan fingerprint density at radius 2 is 0.548 bits per heavy atom. The van der Waals surface area contributed by atoms with Gasteiger partial charge in [0, 0.05) is 16.9 Å². The Bertz CT molecular complexity index is 3140. The molecule has 1 heteroatoms. The minimum Gasteiger partial charge on any atom is -0.310 e. The highest BCUT2D eigenvalue weighted by Gasteiger charge is 2.49. The fourth-order valence-corrected chi connectivity index (χ4v) is 10.5. The molecule has 0 atom stereocenters. The van der Waals surface area contributed by atoms with E-state index >= 15 is 0 Å². The normalized spacial score (nSPS) is 12.6. The molecule has 0 amide bonds. The van der Waals surface area contributed by atoms with E-state index in [0.29, 0.717) is 0 Å². The first-order chi connectivity index (χ1) is 30.8. The molecule has 0 N–H and O–H groups in total. The van der Waals surface area contributed by atoms with Crippen LogP contribution in [0.15, 0.2) is 249 Å². The van der Waals surface area contributed by atoms with Crippen molar-refractivity contribution in [2.45, 2.75) is 5.41 Å². The van der Waals surface area contributed by atoms with Crippen molar-refractivity contribution in [2.24, 2.45) is 0 Å². The Balaban J connectivity index is 1.19. The van der Waals surface area contributed by atoms with Crippen LogP contribution in [-0.2, 0) is 5.41 Å². The van der Waals surface area contributed by atoms with Gasteiger partial charge < -0.3 is 4.90 Å². The third kappa shape index (κ3) is 5.49. The summed E-state index contributed by atoms with van der Waals surface area (Å²) in [7, 11) is 0. The number of anilines is 3. The Morgan fingerprint density at radius 3 is 1.02 bits per heavy atom. The van der Waals surface area contributed by atoms with E-state index in [2.05, 4.69) is 254 Å². The fourth-order valence-electron chi connectivity index (χ4n) is 10.5. The minimum atomic E-state index is -0.609. The van der Waals surface area contributed by atoms with E-state index in [1.54, 1.807) is 0 Å². The summed E-state index contributed by atoms with van der Waals surface area (Å²) in [6, 6.07) is 92.0. The standard InChI is InChI=1S/C61H41N/c1-3-18-42(19-4-1)44-34-38-46(39-35-44)62(47-40-36-45(37-41-47)43-20-5-2-6-21-43)59-33-17-28-53-49-23-8-7-22-48(49)50-24-9-13-29-55(50)61(58-32-16-12-27-54(58)60(53)59)56-30-14-10-25-51(56)52-26-11-15-31-57(52)61/h1-41H. The molecular weight excluding hydrogens is 747 g/mol. The van der Waals surface area contributed by atoms with Crippen LogP contribution in [0.1, 0.15) is 22.3 Å². The molecule has 290 valence electrons. The molecule has 0 aliphatic heterocycles. The van der Waals surface area contributed by atoms with Crippen LogP contribution < -0.4 is 4.90 Å². The average molecular weight is 788 g/mol. The van der Waals surface area contributed by atoms with Crippen molar-refractivity contribution < 1.29 is 0 Å². The molecule has 62 heavy (non-hydrogen) atoms. The topological polar surface area (TPSA) is 3.24 Å². The van der Waals surface area contributed by atoms with Crippen LogP contribution in [0.4, 0.5) is 17.1 Å². The van der Waals surface area contributed by atoms with Crippen molar-refractivity contribution in [2.75, 3.05) is 4.90 Å². The molecule has 0 heterocycles. The second-order valence-corrected chi connectivity index (χ2v) is 16.3. The molecule has 0 unspecified atom stereocenters. The fraction of sp³-hybridized carbons (Fsp3) is 0.0164. The molecule has 12 rings (SSSR count). The van der Waals surface area contributed by atoms with Crippen molar-refractivity contribution in [3.8, 4) is 66.8 Å². The highest BCUT2D eigenvalue weighted by Crippen LogP contribution is 2.61. The number of nitrogens with zero attached hydrogens (tertiary/aromatic N) is 1. The summed E-state index contributed by atoms with van der Waals surface area (Å²) in [6.07, 6.45) is 0. The molecule has 2 aliphatic rings. The van der Waals surface area contributed by atoms with Gasteiger partial charge in [0.25, 0.3) is 0 Å². The van der Waals surface area contributed by atoms with Gasteiger partial charge in [0.05, 0.1) is 11.1 Å². The molecule has 10 aromatic carbocycles. The SMILES string of the molecule is c1ccc(-c2ccc(N(c3ccc(-c4ccccc4)cc3)c3cccc4c3-c3ccccc3C3(c5ccccc5-c5ccccc5-4)c4ccccc4-c4ccccc43)cc2)cc1. The number of fused-ring (bicyclic) bond motifs is 14. The van der Waals surface area contributed by atoms with Gasteiger partial charge in [-0.2, -0.15) is 0 Å². The Hall–Kier alpha value is -8.00. The van der Waals surface area contributed by atoms with Gasteiger partial charge >= 0.3 is 0 Å². The van der Waals surface area contributed by atoms with Crippen molar-refractivity contribution in [3.63, 3.8) is 0 Å². The molecule has 0 bridgehead atoms. The van der Waals surface area contributed by atoms with Crippen LogP contribution in [-0.4, -0.2) is 0 Å². The maximum atomic E-state index is 2.47. The van der Waals surface area contributed by atoms with E-state index in [9.17, 15) is 0 Å². The highest BCUT2D eigenvalue weighted by atomic mass is 15.1. The first kappa shape index (κ1) is 35.9. The molecule has 0 saturated heterocycles. The first-order valence-electron chi connectivity index (χ1n) is 21.5. The van der Waals surface area contributed by atoms with E-state index in [4.69, 9.17) is 0 Å². The van der Waals surface area contributed by atoms with Crippen LogP contribution in [0.2, 0.25) is 0 Å². The zero-order chi connectivity index (χ0) is 41.0. The van der Waals surface area contributed by atoms with E-state index in [1.807, 2.05) is 0 Å². The molecule has 1 spiro atoms. The third-order valence-electron chi connectivity index (χ3n) is 13.1. The summed E-state index contributed by atoms with van der Waals surface area (Å²) < 4.78 is 0. The van der Waals surface area contributed by atoms with Crippen LogP contribution >= 0.6 is 0 Å². The minimum absolute atomic E-state index is 0.609. The number of hydrogen-bond donors (Lipinski definition) is 0. The molecule has 0 radical (unpaired) electrons. The summed E-state index contributed by atoms with van der Waals surface area (Å²) in [5, 5.41) is 0. The van der Waals surface area contributed by atoms with Crippen LogP contribution in [0.25, 0.3) is 66.8 Å². The summed E-state index contributed by atoms with van der Waals surface area (Å²) >= 11 is 0. The first-order valence-corrected chi connectivity index (χ1v) is 21.5. The van der Waals surface area contributed by atoms with Gasteiger partial charge in [0.15, 0.2) is 0 Å². The number of benzene rings is 10. The lowest BCUT2D eigenvalue weighted by Crippen LogP contribution is -2.30. The van der Waals surface area contributed by atoms with Crippen molar-refractivity contribution in [3.05, 3.63) is 271 Å². The molecular formula is C61H41N. The van der Waals surface area contributed by atoms with Gasteiger partial charge in [-0.1, -0.05) is 218 Å². The average Bonchev–Trinajstić information content (AvgIpc) is 3.67. The smallest absolute Gasteiger partial charge is 0.0725 e. The predicted octanol–water partition coefficient (Wildman–Crippen LogP) is 16.2. The van der Waals surface area contributed by atoms with Crippen molar-refractivity contribution >= 4 is 17.1 Å². The summed E-state index contributed by atoms with van der Waals surface area (Å²) in [5.41, 5.74) is 22.5. The summed E-state index contributed by atoms with van der Waals surface area (Å²) in [6.45, 7) is 0. The Kier molecular flexibility index (Phi) is 8.47. The monoisotopic (exact) mass is 787 g/mol. The van der Waals surface area contributed by atoms with E-state index < -0.39 is 5.41 Å². The van der Waals surface area contributed by atoms with Gasteiger partial charge in [0.2, 0.25) is 0 Å². The lowest BCUT2D eigenvalue weighted by molar-refractivity contribution is 0.773. The van der Waals surface area contributed by atoms with E-state index in [-0.39, 0.29) is 0 Å². The van der Waals surface area contributed by atoms with Crippen molar-refractivity contribution in [1.82, 2.24) is 0 Å². The quantitative estimate of drug-likeness (QED) is 0.168. The van der Waals surface area contributed by atoms with Crippen LogP contribution in [0, 0.1) is 0 Å². The van der Waals surface area contributed by atoms with E-state index in [1.165, 1.54) is 89.0 Å². The van der Waals surface area contributed by atoms with Gasteiger partial charge in [-0.3, -0.25) is 0 Å². The molecule has 2 aliphatic carbocycles. The molecule has 1 nitrogen and oxygen atoms in total. The molecule has 10 aromatic rings. The predicted molar refractivity (Wildman–Crippen MR) is 259 cm³/mol. The second-order valence-electron chi connectivity index (χ2n) is 16.3. The highest BCUT2D eigenvalue weighted by molar-refractivity contribution is 6.04. The number of rotatable bonds is 5. The molecule has 0 fully saturated rings. The zero-order valence-electron chi connectivity index (χ0n) is 34.1.